The van der Waals surface area contributed by atoms with Crippen molar-refractivity contribution in [1.82, 2.24) is 10.6 Å². The highest BCUT2D eigenvalue weighted by Crippen LogP contribution is 2.23. The fourth-order valence-electron chi connectivity index (χ4n) is 2.22. The van der Waals surface area contributed by atoms with Gasteiger partial charge in [0.05, 0.1) is 5.54 Å². The van der Waals surface area contributed by atoms with Crippen molar-refractivity contribution in [1.29, 1.82) is 0 Å². The largest absolute Gasteiger partial charge is 0.351 e. The SMILES string of the molecule is CCC1(C(=O)NC(C)CS(C)=O)CCCN1. The average molecular weight is 246 g/mol. The summed E-state index contributed by atoms with van der Waals surface area (Å²) >= 11 is 0. The Morgan fingerprint density at radius 1 is 1.62 bits per heavy atom. The third-order valence-electron chi connectivity index (χ3n) is 3.14. The summed E-state index contributed by atoms with van der Waals surface area (Å²) in [6.07, 6.45) is 4.42. The zero-order chi connectivity index (χ0) is 12.2. The molecule has 16 heavy (non-hydrogen) atoms. The third-order valence-corrected chi connectivity index (χ3v) is 4.11. The van der Waals surface area contributed by atoms with E-state index in [-0.39, 0.29) is 17.5 Å². The first kappa shape index (κ1) is 13.6. The first-order valence-electron chi connectivity index (χ1n) is 5.86. The molecule has 1 amide bonds. The minimum absolute atomic E-state index is 0.0239. The molecule has 3 unspecified atom stereocenters. The zero-order valence-corrected chi connectivity index (χ0v) is 11.2. The lowest BCUT2D eigenvalue weighted by Gasteiger charge is -2.28. The van der Waals surface area contributed by atoms with Crippen molar-refractivity contribution >= 4 is 16.7 Å². The Labute approximate surface area is 100 Å². The van der Waals surface area contributed by atoms with E-state index in [1.54, 1.807) is 6.26 Å². The minimum atomic E-state index is -0.864. The van der Waals surface area contributed by atoms with E-state index in [9.17, 15) is 9.00 Å². The summed E-state index contributed by atoms with van der Waals surface area (Å²) in [4.78, 5) is 12.1. The third kappa shape index (κ3) is 3.28. The summed E-state index contributed by atoms with van der Waals surface area (Å²) in [5.41, 5.74) is -0.385. The van der Waals surface area contributed by atoms with Crippen LogP contribution in [0.5, 0.6) is 0 Å². The molecular formula is C11H22N2O2S. The Hall–Kier alpha value is -0.420. The standard InChI is InChI=1S/C11H22N2O2S/c1-4-11(6-5-7-12-11)10(14)13-9(2)8-16(3)15/h9,12H,4-8H2,1-3H3,(H,13,14). The first-order valence-corrected chi connectivity index (χ1v) is 7.59. The predicted octanol–water partition coefficient (Wildman–Crippen LogP) is 0.402. The smallest absolute Gasteiger partial charge is 0.240 e. The molecule has 1 saturated heterocycles. The van der Waals surface area contributed by atoms with E-state index >= 15 is 0 Å². The molecule has 0 radical (unpaired) electrons. The normalized spacial score (nSPS) is 28.7. The van der Waals surface area contributed by atoms with Gasteiger partial charge in [0.25, 0.3) is 0 Å². The van der Waals surface area contributed by atoms with Crippen LogP contribution in [-0.2, 0) is 15.6 Å². The van der Waals surface area contributed by atoms with Crippen LogP contribution >= 0.6 is 0 Å². The Morgan fingerprint density at radius 3 is 2.75 bits per heavy atom. The van der Waals surface area contributed by atoms with Gasteiger partial charge in [-0.05, 0) is 32.7 Å². The van der Waals surface area contributed by atoms with Crippen molar-refractivity contribution in [2.24, 2.45) is 0 Å². The van der Waals surface area contributed by atoms with Crippen molar-refractivity contribution in [3.8, 4) is 0 Å². The molecule has 1 fully saturated rings. The summed E-state index contributed by atoms with van der Waals surface area (Å²) in [6.45, 7) is 4.84. The van der Waals surface area contributed by atoms with Crippen LogP contribution < -0.4 is 10.6 Å². The molecule has 1 rings (SSSR count). The molecule has 1 aliphatic rings. The van der Waals surface area contributed by atoms with Crippen LogP contribution in [0, 0.1) is 0 Å². The molecule has 5 heteroatoms. The maximum atomic E-state index is 12.1. The van der Waals surface area contributed by atoms with Gasteiger partial charge < -0.3 is 10.6 Å². The molecule has 0 spiro atoms. The number of hydrogen-bond donors (Lipinski definition) is 2. The van der Waals surface area contributed by atoms with Crippen LogP contribution in [0.15, 0.2) is 0 Å². The van der Waals surface area contributed by atoms with Gasteiger partial charge in [-0.2, -0.15) is 0 Å². The van der Waals surface area contributed by atoms with Crippen molar-refractivity contribution < 1.29 is 9.00 Å². The first-order chi connectivity index (χ1) is 7.50. The fraction of sp³-hybridized carbons (Fsp3) is 0.909. The molecule has 4 nitrogen and oxygen atoms in total. The lowest BCUT2D eigenvalue weighted by Crippen LogP contribution is -2.55. The number of rotatable bonds is 5. The van der Waals surface area contributed by atoms with Crippen molar-refractivity contribution in [3.63, 3.8) is 0 Å². The molecule has 3 atom stereocenters. The van der Waals surface area contributed by atoms with Gasteiger partial charge in [-0.3, -0.25) is 9.00 Å². The van der Waals surface area contributed by atoms with Crippen molar-refractivity contribution in [2.75, 3.05) is 18.6 Å². The Kier molecular flexibility index (Phi) is 4.92. The van der Waals surface area contributed by atoms with E-state index < -0.39 is 10.8 Å². The van der Waals surface area contributed by atoms with Crippen LogP contribution in [0.2, 0.25) is 0 Å². The second kappa shape index (κ2) is 5.77. The van der Waals surface area contributed by atoms with Crippen molar-refractivity contribution in [3.05, 3.63) is 0 Å². The highest BCUT2D eigenvalue weighted by Gasteiger charge is 2.39. The summed E-state index contributed by atoms with van der Waals surface area (Å²) in [6, 6.07) is -0.0239. The second-order valence-corrected chi connectivity index (χ2v) is 6.06. The number of nitrogens with one attached hydrogen (secondary N) is 2. The predicted molar refractivity (Wildman–Crippen MR) is 66.8 cm³/mol. The molecule has 94 valence electrons. The summed E-state index contributed by atoms with van der Waals surface area (Å²) < 4.78 is 11.1. The van der Waals surface area contributed by atoms with Gasteiger partial charge in [-0.1, -0.05) is 6.92 Å². The Balaban J connectivity index is 2.53. The fourth-order valence-corrected chi connectivity index (χ4v) is 3.01. The van der Waals surface area contributed by atoms with Gasteiger partial charge in [-0.15, -0.1) is 0 Å². The Morgan fingerprint density at radius 2 is 2.31 bits per heavy atom. The summed E-state index contributed by atoms with van der Waals surface area (Å²) in [7, 11) is -0.864. The van der Waals surface area contributed by atoms with Gasteiger partial charge in [0.1, 0.15) is 0 Å². The number of hydrogen-bond acceptors (Lipinski definition) is 3. The maximum absolute atomic E-state index is 12.1. The molecule has 0 bridgehead atoms. The maximum Gasteiger partial charge on any atom is 0.240 e. The molecule has 0 aromatic carbocycles. The van der Waals surface area contributed by atoms with Gasteiger partial charge in [0.15, 0.2) is 0 Å². The molecule has 2 N–H and O–H groups in total. The molecular weight excluding hydrogens is 224 g/mol. The van der Waals surface area contributed by atoms with E-state index in [2.05, 4.69) is 10.6 Å². The van der Waals surface area contributed by atoms with Gasteiger partial charge in [-0.25, -0.2) is 0 Å². The van der Waals surface area contributed by atoms with Crippen LogP contribution in [0.3, 0.4) is 0 Å². The quantitative estimate of drug-likeness (QED) is 0.738. The summed E-state index contributed by atoms with van der Waals surface area (Å²) in [5, 5.41) is 6.24. The highest BCUT2D eigenvalue weighted by atomic mass is 32.2. The van der Waals surface area contributed by atoms with E-state index in [1.807, 2.05) is 13.8 Å². The lowest BCUT2D eigenvalue weighted by atomic mass is 9.93. The van der Waals surface area contributed by atoms with Gasteiger partial charge in [0, 0.05) is 28.9 Å². The molecule has 1 aliphatic heterocycles. The Bertz CT molecular complexity index is 275. The minimum Gasteiger partial charge on any atom is -0.351 e. The number of amides is 1. The molecule has 0 aliphatic carbocycles. The van der Waals surface area contributed by atoms with Crippen LogP contribution in [0.1, 0.15) is 33.1 Å². The second-order valence-electron chi connectivity index (χ2n) is 4.58. The lowest BCUT2D eigenvalue weighted by molar-refractivity contribution is -0.127. The van der Waals surface area contributed by atoms with Crippen LogP contribution in [0.25, 0.3) is 0 Å². The topological polar surface area (TPSA) is 58.2 Å². The van der Waals surface area contributed by atoms with Crippen LogP contribution in [-0.4, -0.2) is 40.3 Å². The molecule has 1 heterocycles. The van der Waals surface area contributed by atoms with E-state index in [0.717, 1.165) is 25.8 Å². The zero-order valence-electron chi connectivity index (χ0n) is 10.3. The average Bonchev–Trinajstić information content (AvgIpc) is 2.65. The monoisotopic (exact) mass is 246 g/mol. The van der Waals surface area contributed by atoms with Gasteiger partial charge >= 0.3 is 0 Å². The highest BCUT2D eigenvalue weighted by molar-refractivity contribution is 7.84. The van der Waals surface area contributed by atoms with Crippen LogP contribution in [0.4, 0.5) is 0 Å². The number of carbonyl (C=O) groups excluding carboxylic acids is 1. The molecule has 0 aromatic heterocycles. The summed E-state index contributed by atoms with van der Waals surface area (Å²) in [5.74, 6) is 0.580. The van der Waals surface area contributed by atoms with E-state index in [1.165, 1.54) is 0 Å². The molecule has 0 aromatic rings. The van der Waals surface area contributed by atoms with Gasteiger partial charge in [0.2, 0.25) is 5.91 Å². The molecule has 0 saturated carbocycles. The van der Waals surface area contributed by atoms with E-state index in [4.69, 9.17) is 0 Å². The number of carbonyl (C=O) groups is 1. The van der Waals surface area contributed by atoms with Crippen molar-refractivity contribution in [2.45, 2.75) is 44.7 Å². The van der Waals surface area contributed by atoms with E-state index in [0.29, 0.717) is 5.75 Å².